The summed E-state index contributed by atoms with van der Waals surface area (Å²) in [7, 11) is 1.66. The lowest BCUT2D eigenvalue weighted by molar-refractivity contribution is -0.0870. The van der Waals surface area contributed by atoms with E-state index in [0.717, 1.165) is 37.4 Å². The molecule has 0 unspecified atom stereocenters. The average Bonchev–Trinajstić information content (AvgIpc) is 2.70. The fourth-order valence-corrected chi connectivity index (χ4v) is 3.97. The molecule has 2 aliphatic rings. The zero-order valence-electron chi connectivity index (χ0n) is 16.3. The third kappa shape index (κ3) is 3.64. The van der Waals surface area contributed by atoms with E-state index in [0.29, 0.717) is 25.3 Å². The van der Waals surface area contributed by atoms with Gasteiger partial charge in [-0.3, -0.25) is 14.6 Å². The van der Waals surface area contributed by atoms with Crippen LogP contribution in [0.1, 0.15) is 28.9 Å². The van der Waals surface area contributed by atoms with E-state index in [2.05, 4.69) is 14.9 Å². The van der Waals surface area contributed by atoms with Crippen LogP contribution in [0, 0.1) is 6.92 Å². The van der Waals surface area contributed by atoms with Crippen molar-refractivity contribution < 1.29 is 9.53 Å². The molecule has 2 fully saturated rings. The molecular weight excluding hydrogens is 358 g/mol. The minimum atomic E-state index is -0.260. The molecule has 0 saturated carbocycles. The normalized spacial score (nSPS) is 19.1. The van der Waals surface area contributed by atoms with Crippen LogP contribution in [0.25, 0.3) is 0 Å². The molecule has 1 spiro atoms. The summed E-state index contributed by atoms with van der Waals surface area (Å²) in [5, 5.41) is 0. The van der Waals surface area contributed by atoms with E-state index < -0.39 is 0 Å². The number of aromatic nitrogens is 3. The first-order valence-corrected chi connectivity index (χ1v) is 9.59. The first-order chi connectivity index (χ1) is 13.5. The fraction of sp³-hybridized carbons (Fsp3) is 0.500. The van der Waals surface area contributed by atoms with Gasteiger partial charge in [0.05, 0.1) is 29.7 Å². The van der Waals surface area contributed by atoms with Crippen molar-refractivity contribution in [1.82, 2.24) is 19.4 Å². The number of pyridine rings is 1. The highest BCUT2D eigenvalue weighted by molar-refractivity contribution is 5.94. The largest absolute Gasteiger partial charge is 0.371 e. The highest BCUT2D eigenvalue weighted by atomic mass is 16.5. The topological polar surface area (TPSA) is 80.6 Å². The van der Waals surface area contributed by atoms with Crippen molar-refractivity contribution in [2.24, 2.45) is 7.05 Å². The van der Waals surface area contributed by atoms with E-state index in [-0.39, 0.29) is 17.1 Å². The quantitative estimate of drug-likeness (QED) is 0.770. The summed E-state index contributed by atoms with van der Waals surface area (Å²) in [5.74, 6) is 0.842. The Morgan fingerprint density at radius 2 is 1.96 bits per heavy atom. The third-order valence-corrected chi connectivity index (χ3v) is 5.61. The Morgan fingerprint density at radius 1 is 1.18 bits per heavy atom. The number of amides is 1. The zero-order valence-corrected chi connectivity index (χ0v) is 16.3. The minimum Gasteiger partial charge on any atom is -0.371 e. The summed E-state index contributed by atoms with van der Waals surface area (Å²) in [6.45, 7) is 5.40. The maximum Gasteiger partial charge on any atom is 0.255 e. The van der Waals surface area contributed by atoms with Crippen LogP contribution < -0.4 is 10.5 Å². The van der Waals surface area contributed by atoms with Crippen molar-refractivity contribution >= 4 is 11.7 Å². The number of aryl methyl sites for hydroxylation is 2. The fourth-order valence-electron chi connectivity index (χ4n) is 3.97. The minimum absolute atomic E-state index is 0.0392. The van der Waals surface area contributed by atoms with Crippen molar-refractivity contribution in [1.29, 1.82) is 0 Å². The average molecular weight is 383 g/mol. The number of rotatable bonds is 2. The molecule has 1 amide bonds. The van der Waals surface area contributed by atoms with Crippen molar-refractivity contribution in [2.45, 2.75) is 25.4 Å². The number of ether oxygens (including phenoxy) is 1. The van der Waals surface area contributed by atoms with E-state index in [1.54, 1.807) is 31.7 Å². The van der Waals surface area contributed by atoms with E-state index in [9.17, 15) is 9.59 Å². The van der Waals surface area contributed by atoms with Crippen molar-refractivity contribution in [3.05, 3.63) is 52.3 Å². The highest BCUT2D eigenvalue weighted by Crippen LogP contribution is 2.32. The van der Waals surface area contributed by atoms with Crippen molar-refractivity contribution in [3.63, 3.8) is 0 Å². The van der Waals surface area contributed by atoms with E-state index in [4.69, 9.17) is 4.74 Å². The molecule has 0 atom stereocenters. The Kier molecular flexibility index (Phi) is 4.89. The predicted octanol–water partition coefficient (Wildman–Crippen LogP) is 0.995. The van der Waals surface area contributed by atoms with Gasteiger partial charge in [-0.1, -0.05) is 0 Å². The molecule has 0 N–H and O–H groups in total. The van der Waals surface area contributed by atoms with Crippen molar-refractivity contribution in [3.8, 4) is 0 Å². The molecule has 148 valence electrons. The second-order valence-corrected chi connectivity index (χ2v) is 7.63. The SMILES string of the molecule is Cc1cncc(N2CCOC3(CCN(C(=O)c4ccc(=O)n(C)c4)CC3)C2)n1. The first-order valence-electron chi connectivity index (χ1n) is 9.59. The lowest BCUT2D eigenvalue weighted by Gasteiger charge is -2.47. The second kappa shape index (κ2) is 7.35. The van der Waals surface area contributed by atoms with Gasteiger partial charge < -0.3 is 19.1 Å². The Bertz CT molecular complexity index is 933. The standard InChI is InChI=1S/C20H25N5O3/c1-15-11-21-12-17(22-15)25-9-10-28-20(14-25)5-7-24(8-6-20)19(27)16-3-4-18(26)23(2)13-16/h3-4,11-13H,5-10,14H2,1-2H3. The predicted molar refractivity (Wildman–Crippen MR) is 104 cm³/mol. The molecule has 28 heavy (non-hydrogen) atoms. The molecule has 4 rings (SSSR count). The van der Waals surface area contributed by atoms with Crippen LogP contribution in [0.2, 0.25) is 0 Å². The molecular formula is C20H25N5O3. The molecule has 8 heteroatoms. The van der Waals surface area contributed by atoms with Crippen LogP contribution in [0.15, 0.2) is 35.5 Å². The highest BCUT2D eigenvalue weighted by Gasteiger charge is 2.41. The lowest BCUT2D eigenvalue weighted by atomic mass is 9.89. The number of piperidine rings is 1. The van der Waals surface area contributed by atoms with Gasteiger partial charge in [0.2, 0.25) is 5.56 Å². The van der Waals surface area contributed by atoms with E-state index >= 15 is 0 Å². The molecule has 2 aromatic rings. The molecule has 8 nitrogen and oxygen atoms in total. The number of hydrogen-bond donors (Lipinski definition) is 0. The van der Waals surface area contributed by atoms with Crippen LogP contribution in [-0.4, -0.2) is 63.7 Å². The number of hydrogen-bond acceptors (Lipinski definition) is 6. The van der Waals surface area contributed by atoms with Crippen LogP contribution in [0.4, 0.5) is 5.82 Å². The van der Waals surface area contributed by atoms with Gasteiger partial charge in [-0.05, 0) is 25.8 Å². The Balaban J connectivity index is 1.43. The van der Waals surface area contributed by atoms with Crippen LogP contribution in [0.5, 0.6) is 0 Å². The number of carbonyl (C=O) groups is 1. The van der Waals surface area contributed by atoms with Crippen LogP contribution in [-0.2, 0) is 11.8 Å². The molecule has 2 aliphatic heterocycles. The smallest absolute Gasteiger partial charge is 0.255 e. The summed E-state index contributed by atoms with van der Waals surface area (Å²) in [5.41, 5.74) is 1.06. The van der Waals surface area contributed by atoms with Gasteiger partial charge in [0.15, 0.2) is 0 Å². The van der Waals surface area contributed by atoms with Crippen LogP contribution in [0.3, 0.4) is 0 Å². The Hall–Kier alpha value is -2.74. The van der Waals surface area contributed by atoms with Gasteiger partial charge in [-0.2, -0.15) is 0 Å². The van der Waals surface area contributed by atoms with Gasteiger partial charge >= 0.3 is 0 Å². The summed E-state index contributed by atoms with van der Waals surface area (Å²) < 4.78 is 7.62. The number of morpholine rings is 1. The summed E-state index contributed by atoms with van der Waals surface area (Å²) in [4.78, 5) is 37.3. The van der Waals surface area contributed by atoms with Crippen LogP contribution >= 0.6 is 0 Å². The van der Waals surface area contributed by atoms with Gasteiger partial charge in [-0.25, -0.2) is 4.98 Å². The molecule has 0 radical (unpaired) electrons. The summed E-state index contributed by atoms with van der Waals surface area (Å²) >= 11 is 0. The van der Waals surface area contributed by atoms with Gasteiger partial charge in [0.1, 0.15) is 5.82 Å². The Labute approximate surface area is 163 Å². The zero-order chi connectivity index (χ0) is 19.7. The third-order valence-electron chi connectivity index (χ3n) is 5.61. The summed E-state index contributed by atoms with van der Waals surface area (Å²) in [6, 6.07) is 3.04. The summed E-state index contributed by atoms with van der Waals surface area (Å²) in [6.07, 6.45) is 6.71. The van der Waals surface area contributed by atoms with E-state index in [1.165, 1.54) is 10.6 Å². The molecule has 0 aliphatic carbocycles. The maximum atomic E-state index is 12.8. The number of carbonyl (C=O) groups excluding carboxylic acids is 1. The van der Waals surface area contributed by atoms with Gasteiger partial charge in [0.25, 0.3) is 5.91 Å². The molecule has 2 saturated heterocycles. The monoisotopic (exact) mass is 383 g/mol. The maximum absolute atomic E-state index is 12.8. The first kappa shape index (κ1) is 18.6. The second-order valence-electron chi connectivity index (χ2n) is 7.63. The van der Waals surface area contributed by atoms with Crippen molar-refractivity contribution in [2.75, 3.05) is 37.7 Å². The Morgan fingerprint density at radius 3 is 2.68 bits per heavy atom. The molecule has 4 heterocycles. The molecule has 0 aromatic carbocycles. The van der Waals surface area contributed by atoms with Gasteiger partial charge in [-0.15, -0.1) is 0 Å². The molecule has 0 bridgehead atoms. The number of nitrogens with zero attached hydrogens (tertiary/aromatic N) is 5. The number of likely N-dealkylation sites (tertiary alicyclic amines) is 1. The molecule has 2 aromatic heterocycles. The van der Waals surface area contributed by atoms with E-state index in [1.807, 2.05) is 11.8 Å². The van der Waals surface area contributed by atoms with Gasteiger partial charge in [0, 0.05) is 51.7 Å². The lowest BCUT2D eigenvalue weighted by Crippen LogP contribution is -2.57. The number of anilines is 1.